The van der Waals surface area contributed by atoms with Crippen LogP contribution in [-0.2, 0) is 0 Å². The Bertz CT molecular complexity index is 2240. The Morgan fingerprint density at radius 2 is 0.789 bits per heavy atom. The van der Waals surface area contributed by atoms with E-state index in [9.17, 15) is 0 Å². The second-order valence-electron chi connectivity index (χ2n) is 11.0. The van der Waals surface area contributed by atoms with Gasteiger partial charge in [-0.2, -0.15) is 0 Å². The molecule has 0 heterocycles. The summed E-state index contributed by atoms with van der Waals surface area (Å²) in [6, 6.07) is 36.5. The third kappa shape index (κ3) is 3.44. The van der Waals surface area contributed by atoms with Crippen LogP contribution < -0.4 is 10.4 Å². The van der Waals surface area contributed by atoms with E-state index >= 15 is 0 Å². The molecule has 0 spiro atoms. The van der Waals surface area contributed by atoms with E-state index in [1.807, 2.05) is 0 Å². The second kappa shape index (κ2) is 8.21. The standard InChI is InChI=1S/C36H24Cl2/c37-20-36(21-38)6-5-24-9-27-12-30-15-31-13-28-10-25-7-22-3-1-2-4-23(22)8-26(25)11-29(28)14-32(31)16-33(30)17-34(27)18-35(24)19-36/h1-5,7-19H,6,20-21H2. The molecule has 0 atom stereocenters. The van der Waals surface area contributed by atoms with Crippen LogP contribution in [0.5, 0.6) is 0 Å². The maximum absolute atomic E-state index is 6.32. The number of alkyl halides is 2. The van der Waals surface area contributed by atoms with Crippen LogP contribution in [0.15, 0.2) is 97.1 Å². The largest absolute Gasteiger partial charge is 0.126 e. The predicted molar refractivity (Wildman–Crippen MR) is 168 cm³/mol. The molecule has 2 heteroatoms. The smallest absolute Gasteiger partial charge is 0.0329 e. The molecule has 182 valence electrons. The Hall–Kier alpha value is -3.58. The molecule has 7 aromatic carbocycles. The average molecular weight is 527 g/mol. The summed E-state index contributed by atoms with van der Waals surface area (Å²) in [6.07, 6.45) is 5.46. The fourth-order valence-electron chi connectivity index (χ4n) is 6.26. The van der Waals surface area contributed by atoms with Gasteiger partial charge in [-0.05, 0) is 154 Å². The third-order valence-electron chi connectivity index (χ3n) is 8.45. The van der Waals surface area contributed by atoms with Crippen molar-refractivity contribution < 1.29 is 0 Å². The molecule has 0 nitrogen and oxygen atoms in total. The van der Waals surface area contributed by atoms with Crippen LogP contribution in [0.1, 0.15) is 6.42 Å². The SMILES string of the molecule is ClCC1(CCl)C=c2cc3cc4cc5cc6cc7cc8ccccc8cc7cc6cc5cc4cc3cc2=CC1. The molecule has 0 unspecified atom stereocenters. The highest BCUT2D eigenvalue weighted by Crippen LogP contribution is 2.34. The topological polar surface area (TPSA) is 0 Å². The van der Waals surface area contributed by atoms with E-state index < -0.39 is 0 Å². The van der Waals surface area contributed by atoms with Crippen molar-refractivity contribution >= 4 is 100.0 Å². The van der Waals surface area contributed by atoms with E-state index in [-0.39, 0.29) is 5.41 Å². The average Bonchev–Trinajstić information content (AvgIpc) is 2.94. The molecule has 0 fully saturated rings. The van der Waals surface area contributed by atoms with Crippen LogP contribution >= 0.6 is 23.2 Å². The molecule has 0 bridgehead atoms. The third-order valence-corrected chi connectivity index (χ3v) is 9.52. The van der Waals surface area contributed by atoms with E-state index in [1.165, 1.54) is 75.1 Å². The van der Waals surface area contributed by atoms with E-state index in [2.05, 4.69) is 109 Å². The first-order valence-electron chi connectivity index (χ1n) is 13.1. The quantitative estimate of drug-likeness (QED) is 0.155. The monoisotopic (exact) mass is 526 g/mol. The Morgan fingerprint density at radius 1 is 0.447 bits per heavy atom. The summed E-state index contributed by atoms with van der Waals surface area (Å²) in [4.78, 5) is 0. The molecule has 1 aliphatic carbocycles. The first kappa shape index (κ1) is 22.4. The zero-order chi connectivity index (χ0) is 25.4. The lowest BCUT2D eigenvalue weighted by Crippen LogP contribution is -2.36. The minimum Gasteiger partial charge on any atom is -0.126 e. The van der Waals surface area contributed by atoms with E-state index in [1.54, 1.807) is 0 Å². The van der Waals surface area contributed by atoms with Crippen LogP contribution in [0.3, 0.4) is 0 Å². The lowest BCUT2D eigenvalue weighted by molar-refractivity contribution is 0.550. The molecule has 0 aliphatic heterocycles. The fraction of sp³-hybridized carbons (Fsp3) is 0.111. The summed E-state index contributed by atoms with van der Waals surface area (Å²) in [5.74, 6) is 1.07. The van der Waals surface area contributed by atoms with Crippen molar-refractivity contribution in [2.75, 3.05) is 11.8 Å². The number of hydrogen-bond acceptors (Lipinski definition) is 0. The molecule has 0 radical (unpaired) electrons. The molecule has 1 aliphatic rings. The van der Waals surface area contributed by atoms with Crippen LogP contribution in [-0.4, -0.2) is 11.8 Å². The van der Waals surface area contributed by atoms with Gasteiger partial charge in [-0.25, -0.2) is 0 Å². The van der Waals surface area contributed by atoms with Gasteiger partial charge in [-0.15, -0.1) is 23.2 Å². The van der Waals surface area contributed by atoms with Crippen molar-refractivity contribution in [3.8, 4) is 0 Å². The molecule has 38 heavy (non-hydrogen) atoms. The highest BCUT2D eigenvalue weighted by Gasteiger charge is 2.26. The van der Waals surface area contributed by atoms with Crippen molar-refractivity contribution in [2.45, 2.75) is 6.42 Å². The number of halogens is 2. The highest BCUT2D eigenvalue weighted by molar-refractivity contribution is 6.22. The Morgan fingerprint density at radius 3 is 1.18 bits per heavy atom. The van der Waals surface area contributed by atoms with Crippen molar-refractivity contribution in [3.05, 3.63) is 107 Å². The molecule has 8 rings (SSSR count). The summed E-state index contributed by atoms with van der Waals surface area (Å²) < 4.78 is 0. The molecular formula is C36H24Cl2. The van der Waals surface area contributed by atoms with Crippen LogP contribution in [0.2, 0.25) is 0 Å². The first-order chi connectivity index (χ1) is 18.6. The van der Waals surface area contributed by atoms with E-state index in [4.69, 9.17) is 23.2 Å². The van der Waals surface area contributed by atoms with Crippen LogP contribution in [0.25, 0.3) is 76.8 Å². The van der Waals surface area contributed by atoms with Crippen LogP contribution in [0, 0.1) is 5.41 Å². The number of benzene rings is 7. The summed E-state index contributed by atoms with van der Waals surface area (Å²) in [6.45, 7) is 0. The lowest BCUT2D eigenvalue weighted by atomic mass is 9.83. The number of hydrogen-bond donors (Lipinski definition) is 0. The van der Waals surface area contributed by atoms with Crippen molar-refractivity contribution in [1.29, 1.82) is 0 Å². The fourth-order valence-corrected chi connectivity index (χ4v) is 6.92. The van der Waals surface area contributed by atoms with Gasteiger partial charge in [0.25, 0.3) is 0 Å². The van der Waals surface area contributed by atoms with Crippen molar-refractivity contribution in [1.82, 2.24) is 0 Å². The zero-order valence-corrected chi connectivity index (χ0v) is 22.3. The first-order valence-corrected chi connectivity index (χ1v) is 14.2. The van der Waals surface area contributed by atoms with Crippen molar-refractivity contribution in [2.24, 2.45) is 5.41 Å². The van der Waals surface area contributed by atoms with Gasteiger partial charge in [0.05, 0.1) is 0 Å². The lowest BCUT2D eigenvalue weighted by Gasteiger charge is -2.26. The van der Waals surface area contributed by atoms with Gasteiger partial charge in [0.2, 0.25) is 0 Å². The second-order valence-corrected chi connectivity index (χ2v) is 11.5. The maximum atomic E-state index is 6.32. The van der Waals surface area contributed by atoms with Gasteiger partial charge in [-0.1, -0.05) is 36.4 Å². The minimum atomic E-state index is -0.158. The zero-order valence-electron chi connectivity index (χ0n) is 20.8. The highest BCUT2D eigenvalue weighted by atomic mass is 35.5. The summed E-state index contributed by atoms with van der Waals surface area (Å²) in [7, 11) is 0. The normalized spacial score (nSPS) is 14.8. The maximum Gasteiger partial charge on any atom is 0.0329 e. The van der Waals surface area contributed by atoms with Crippen molar-refractivity contribution in [3.63, 3.8) is 0 Å². The van der Waals surface area contributed by atoms with Gasteiger partial charge in [0, 0.05) is 17.2 Å². The molecule has 0 N–H and O–H groups in total. The molecule has 7 aromatic rings. The molecule has 0 aromatic heterocycles. The predicted octanol–water partition coefficient (Wildman–Crippen LogP) is 9.03. The van der Waals surface area contributed by atoms with Gasteiger partial charge in [-0.3, -0.25) is 0 Å². The summed E-state index contributed by atoms with van der Waals surface area (Å²) >= 11 is 12.6. The van der Waals surface area contributed by atoms with E-state index in [0.717, 1.165) is 6.42 Å². The molecule has 0 saturated carbocycles. The Kier molecular flexibility index (Phi) is 4.84. The number of fused-ring (bicyclic) bond motifs is 7. The minimum absolute atomic E-state index is 0.158. The molecule has 0 amide bonds. The van der Waals surface area contributed by atoms with E-state index in [0.29, 0.717) is 11.8 Å². The number of rotatable bonds is 2. The van der Waals surface area contributed by atoms with Gasteiger partial charge < -0.3 is 0 Å². The van der Waals surface area contributed by atoms with Crippen LogP contribution in [0.4, 0.5) is 0 Å². The van der Waals surface area contributed by atoms with Gasteiger partial charge in [0.1, 0.15) is 0 Å². The summed E-state index contributed by atoms with van der Waals surface area (Å²) in [5.41, 5.74) is -0.158. The molecule has 0 saturated heterocycles. The Balaban J connectivity index is 1.34. The van der Waals surface area contributed by atoms with Gasteiger partial charge in [0.15, 0.2) is 0 Å². The van der Waals surface area contributed by atoms with Gasteiger partial charge >= 0.3 is 0 Å². The summed E-state index contributed by atoms with van der Waals surface area (Å²) in [5, 5.41) is 17.8. The Labute approximate surface area is 230 Å². The molecular weight excluding hydrogens is 503 g/mol.